The molecule has 192 valence electrons. The molecule has 1 aliphatic rings. The Morgan fingerprint density at radius 1 is 1.00 bits per heavy atom. The third kappa shape index (κ3) is 9.97. The molecule has 1 amide bonds. The van der Waals surface area contributed by atoms with Gasteiger partial charge in [-0.2, -0.15) is 8.42 Å². The van der Waals surface area contributed by atoms with Crippen LogP contribution in [0.25, 0.3) is 0 Å². The summed E-state index contributed by atoms with van der Waals surface area (Å²) in [6, 6.07) is 18.5. The van der Waals surface area contributed by atoms with Crippen molar-refractivity contribution in [1.29, 1.82) is 0 Å². The van der Waals surface area contributed by atoms with E-state index in [4.69, 9.17) is 18.4 Å². The monoisotopic (exact) mass is 505 g/mol. The molecule has 0 bridgehead atoms. The summed E-state index contributed by atoms with van der Waals surface area (Å²) in [4.78, 5) is 13.9. The van der Waals surface area contributed by atoms with Crippen molar-refractivity contribution < 1.29 is 31.6 Å². The second kappa shape index (κ2) is 12.5. The molecule has 1 saturated heterocycles. The van der Waals surface area contributed by atoms with E-state index in [1.165, 1.54) is 0 Å². The normalized spacial score (nSPS) is 17.3. The standard InChI is InChI=1S/C26H35NO7S/c1-26(2,3)33-25(28)27-15-14-23(16-27)32-19-24(18-31-17-21-10-6-4-7-11-21)34-35(29,30)20-22-12-8-5-9-13-22/h4-13,23-24H,14-20H2,1-3H3/t23-,24+/m0/s1. The Labute approximate surface area is 208 Å². The lowest BCUT2D eigenvalue weighted by atomic mass is 10.2. The Bertz CT molecular complexity index is 1020. The van der Waals surface area contributed by atoms with Crippen LogP contribution in [-0.4, -0.2) is 63.5 Å². The maximum Gasteiger partial charge on any atom is 0.410 e. The fourth-order valence-corrected chi connectivity index (χ4v) is 4.80. The topological polar surface area (TPSA) is 91.4 Å². The molecular formula is C26H35NO7S. The molecule has 0 radical (unpaired) electrons. The third-order valence-electron chi connectivity index (χ3n) is 5.20. The van der Waals surface area contributed by atoms with Gasteiger partial charge in [0.25, 0.3) is 10.1 Å². The summed E-state index contributed by atoms with van der Waals surface area (Å²) in [6.07, 6.45) is -0.802. The van der Waals surface area contributed by atoms with Crippen molar-refractivity contribution in [2.45, 2.75) is 57.4 Å². The molecule has 0 unspecified atom stereocenters. The fraction of sp³-hybridized carbons (Fsp3) is 0.500. The van der Waals surface area contributed by atoms with Crippen molar-refractivity contribution in [2.75, 3.05) is 26.3 Å². The SMILES string of the molecule is CC(C)(C)OC(=O)N1CC[C@H](OC[C@@H](COCc2ccccc2)OS(=O)(=O)Cc2ccccc2)C1. The molecule has 1 heterocycles. The molecule has 0 aromatic heterocycles. The molecule has 35 heavy (non-hydrogen) atoms. The molecule has 2 aromatic rings. The minimum absolute atomic E-state index is 0.0234. The van der Waals surface area contributed by atoms with Crippen LogP contribution < -0.4 is 0 Å². The summed E-state index contributed by atoms with van der Waals surface area (Å²) < 4.78 is 48.0. The average Bonchev–Trinajstić information content (AvgIpc) is 3.26. The second-order valence-electron chi connectivity index (χ2n) is 9.58. The number of nitrogens with zero attached hydrogens (tertiary/aromatic N) is 1. The Morgan fingerprint density at radius 2 is 1.63 bits per heavy atom. The molecule has 9 heteroatoms. The van der Waals surface area contributed by atoms with Gasteiger partial charge < -0.3 is 19.1 Å². The van der Waals surface area contributed by atoms with E-state index in [-0.39, 0.29) is 31.2 Å². The van der Waals surface area contributed by atoms with E-state index in [2.05, 4.69) is 0 Å². The van der Waals surface area contributed by atoms with Crippen LogP contribution in [0.3, 0.4) is 0 Å². The van der Waals surface area contributed by atoms with Gasteiger partial charge in [0, 0.05) is 6.54 Å². The zero-order valence-corrected chi connectivity index (χ0v) is 21.4. The van der Waals surface area contributed by atoms with Crippen LogP contribution in [0.15, 0.2) is 60.7 Å². The van der Waals surface area contributed by atoms with Crippen LogP contribution in [0.5, 0.6) is 0 Å². The number of carbonyl (C=O) groups excluding carboxylic acids is 1. The van der Waals surface area contributed by atoms with E-state index in [9.17, 15) is 13.2 Å². The molecule has 2 atom stereocenters. The van der Waals surface area contributed by atoms with Crippen LogP contribution in [0.4, 0.5) is 4.79 Å². The summed E-state index contributed by atoms with van der Waals surface area (Å²) in [5.74, 6) is -0.237. The van der Waals surface area contributed by atoms with Gasteiger partial charge >= 0.3 is 6.09 Å². The van der Waals surface area contributed by atoms with Gasteiger partial charge in [0.1, 0.15) is 17.5 Å². The smallest absolute Gasteiger partial charge is 0.410 e. The van der Waals surface area contributed by atoms with Crippen LogP contribution in [0, 0.1) is 0 Å². The number of hydrogen-bond acceptors (Lipinski definition) is 7. The highest BCUT2D eigenvalue weighted by Gasteiger charge is 2.31. The highest BCUT2D eigenvalue weighted by Crippen LogP contribution is 2.18. The molecule has 0 spiro atoms. The van der Waals surface area contributed by atoms with Crippen molar-refractivity contribution in [3.63, 3.8) is 0 Å². The van der Waals surface area contributed by atoms with E-state index in [0.29, 0.717) is 31.7 Å². The predicted molar refractivity (Wildman–Crippen MR) is 132 cm³/mol. The molecule has 8 nitrogen and oxygen atoms in total. The fourth-order valence-electron chi connectivity index (χ4n) is 3.61. The van der Waals surface area contributed by atoms with E-state index in [1.54, 1.807) is 29.2 Å². The molecule has 3 rings (SSSR count). The first-order chi connectivity index (χ1) is 16.6. The zero-order valence-electron chi connectivity index (χ0n) is 20.6. The van der Waals surface area contributed by atoms with Gasteiger partial charge in [-0.1, -0.05) is 60.7 Å². The van der Waals surface area contributed by atoms with Gasteiger partial charge in [-0.3, -0.25) is 4.18 Å². The second-order valence-corrected chi connectivity index (χ2v) is 11.2. The Kier molecular flexibility index (Phi) is 9.68. The first-order valence-corrected chi connectivity index (χ1v) is 13.3. The molecule has 0 N–H and O–H groups in total. The number of hydrogen-bond donors (Lipinski definition) is 0. The average molecular weight is 506 g/mol. The Morgan fingerprint density at radius 3 is 2.26 bits per heavy atom. The largest absolute Gasteiger partial charge is 0.444 e. The van der Waals surface area contributed by atoms with Crippen LogP contribution in [-0.2, 0) is 40.9 Å². The van der Waals surface area contributed by atoms with Crippen LogP contribution in [0.1, 0.15) is 38.3 Å². The molecular weight excluding hydrogens is 470 g/mol. The number of amides is 1. The van der Waals surface area contributed by atoms with Gasteiger partial charge in [0.2, 0.25) is 0 Å². The van der Waals surface area contributed by atoms with E-state index >= 15 is 0 Å². The first-order valence-electron chi connectivity index (χ1n) is 11.8. The maximum absolute atomic E-state index is 12.7. The number of benzene rings is 2. The molecule has 1 fully saturated rings. The van der Waals surface area contributed by atoms with Crippen molar-refractivity contribution in [1.82, 2.24) is 4.90 Å². The van der Waals surface area contributed by atoms with Crippen LogP contribution in [0.2, 0.25) is 0 Å². The lowest BCUT2D eigenvalue weighted by Gasteiger charge is -2.24. The Balaban J connectivity index is 1.55. The van der Waals surface area contributed by atoms with Gasteiger partial charge in [-0.05, 0) is 38.3 Å². The van der Waals surface area contributed by atoms with Gasteiger partial charge in [-0.25, -0.2) is 4.79 Å². The lowest BCUT2D eigenvalue weighted by Crippen LogP contribution is -2.36. The van der Waals surface area contributed by atoms with E-state index in [0.717, 1.165) is 5.56 Å². The van der Waals surface area contributed by atoms with Crippen molar-refractivity contribution >= 4 is 16.2 Å². The maximum atomic E-state index is 12.7. The van der Waals surface area contributed by atoms with Crippen LogP contribution >= 0.6 is 0 Å². The molecule has 0 aliphatic carbocycles. The summed E-state index contributed by atoms with van der Waals surface area (Å²) in [5.41, 5.74) is 1.04. The Hall–Kier alpha value is -2.46. The van der Waals surface area contributed by atoms with Crippen molar-refractivity contribution in [3.8, 4) is 0 Å². The number of rotatable bonds is 11. The number of carbonyl (C=O) groups is 1. The minimum Gasteiger partial charge on any atom is -0.444 e. The molecule has 1 aliphatic heterocycles. The summed E-state index contributed by atoms with van der Waals surface area (Å²) in [6.45, 7) is 6.76. The third-order valence-corrected chi connectivity index (χ3v) is 6.45. The molecule has 2 aromatic carbocycles. The summed E-state index contributed by atoms with van der Waals surface area (Å²) in [5, 5.41) is 0. The van der Waals surface area contributed by atoms with Gasteiger partial charge in [-0.15, -0.1) is 0 Å². The lowest BCUT2D eigenvalue weighted by molar-refractivity contribution is -0.0330. The van der Waals surface area contributed by atoms with Gasteiger partial charge in [0.05, 0.1) is 32.5 Å². The first kappa shape index (κ1) is 27.1. The van der Waals surface area contributed by atoms with Crippen molar-refractivity contribution in [2.24, 2.45) is 0 Å². The number of ether oxygens (including phenoxy) is 3. The zero-order chi connectivity index (χ0) is 25.3. The summed E-state index contributed by atoms with van der Waals surface area (Å²) >= 11 is 0. The number of likely N-dealkylation sites (tertiary alicyclic amines) is 1. The predicted octanol–water partition coefficient (Wildman–Crippen LogP) is 4.14. The van der Waals surface area contributed by atoms with Crippen molar-refractivity contribution in [3.05, 3.63) is 71.8 Å². The van der Waals surface area contributed by atoms with E-state index < -0.39 is 21.8 Å². The molecule has 0 saturated carbocycles. The minimum atomic E-state index is -3.86. The van der Waals surface area contributed by atoms with Gasteiger partial charge in [0.15, 0.2) is 0 Å². The summed E-state index contributed by atoms with van der Waals surface area (Å²) in [7, 11) is -3.86. The highest BCUT2D eigenvalue weighted by molar-refractivity contribution is 7.85. The highest BCUT2D eigenvalue weighted by atomic mass is 32.2. The van der Waals surface area contributed by atoms with E-state index in [1.807, 2.05) is 57.2 Å². The quantitative estimate of drug-likeness (QED) is 0.424.